The van der Waals surface area contributed by atoms with E-state index in [4.69, 9.17) is 10.5 Å². The lowest BCUT2D eigenvalue weighted by atomic mass is 9.86. The minimum absolute atomic E-state index is 0.00602. The molecule has 1 saturated carbocycles. The summed E-state index contributed by atoms with van der Waals surface area (Å²) in [6.45, 7) is 3.49. The van der Waals surface area contributed by atoms with E-state index in [-0.39, 0.29) is 28.9 Å². The summed E-state index contributed by atoms with van der Waals surface area (Å²) in [5.74, 6) is -0.960. The normalized spacial score (nSPS) is 18.1. The van der Waals surface area contributed by atoms with Gasteiger partial charge in [0.25, 0.3) is 11.8 Å². The van der Waals surface area contributed by atoms with Crippen molar-refractivity contribution in [1.82, 2.24) is 15.6 Å². The van der Waals surface area contributed by atoms with Crippen LogP contribution in [-0.2, 0) is 6.42 Å². The molecule has 0 spiro atoms. The molecule has 0 bridgehead atoms. The third kappa shape index (κ3) is 5.73. The van der Waals surface area contributed by atoms with Crippen molar-refractivity contribution < 1.29 is 24.2 Å². The molecule has 1 fully saturated rings. The molecule has 2 aliphatic rings. The Kier molecular flexibility index (Phi) is 8.46. The molecule has 10 heteroatoms. The van der Waals surface area contributed by atoms with Crippen molar-refractivity contribution >= 4 is 29.1 Å². The van der Waals surface area contributed by atoms with Crippen LogP contribution < -0.4 is 21.1 Å². The first kappa shape index (κ1) is 27.8. The second kappa shape index (κ2) is 12.2. The number of nitrogens with two attached hydrogens (primary N) is 1. The molecular weight excluding hydrogens is 528 g/mol. The number of nitrogens with zero attached hydrogens (tertiary/aromatic N) is 1. The second-order valence-corrected chi connectivity index (χ2v) is 11.3. The number of thiophene rings is 1. The van der Waals surface area contributed by atoms with E-state index in [1.54, 1.807) is 29.5 Å². The van der Waals surface area contributed by atoms with E-state index >= 15 is 0 Å². The Hall–Kier alpha value is -3.76. The van der Waals surface area contributed by atoms with Crippen LogP contribution in [-0.4, -0.2) is 53.6 Å². The Balaban J connectivity index is 1.59. The zero-order valence-electron chi connectivity index (χ0n) is 22.5. The third-order valence-electron chi connectivity index (χ3n) is 7.66. The molecule has 5 rings (SSSR count). The summed E-state index contributed by atoms with van der Waals surface area (Å²) < 4.78 is 6.10. The summed E-state index contributed by atoms with van der Waals surface area (Å²) in [4.78, 5) is 44.0. The highest BCUT2D eigenvalue weighted by Crippen LogP contribution is 2.43. The maximum absolute atomic E-state index is 13.8. The Morgan fingerprint density at radius 3 is 2.60 bits per heavy atom. The topological polar surface area (TPSA) is 144 Å². The van der Waals surface area contributed by atoms with Gasteiger partial charge in [-0.25, -0.2) is 9.78 Å². The van der Waals surface area contributed by atoms with Crippen molar-refractivity contribution in [3.05, 3.63) is 58.2 Å². The quantitative estimate of drug-likeness (QED) is 0.317. The van der Waals surface area contributed by atoms with Gasteiger partial charge < -0.3 is 26.2 Å². The Morgan fingerprint density at radius 2 is 1.88 bits per heavy atom. The van der Waals surface area contributed by atoms with E-state index in [0.717, 1.165) is 54.5 Å². The van der Waals surface area contributed by atoms with Crippen LogP contribution >= 0.6 is 11.3 Å². The molecule has 3 heterocycles. The molecule has 9 nitrogen and oxygen atoms in total. The number of nitrogens with one attached hydrogen (secondary N) is 2. The summed E-state index contributed by atoms with van der Waals surface area (Å²) in [6.07, 6.45) is 5.07. The van der Waals surface area contributed by atoms with Gasteiger partial charge in [0.1, 0.15) is 11.4 Å². The Labute approximate surface area is 237 Å². The SMILES string of the molecule is CCCNC(=O)c1ccc(-c2cc3c(cc2C(=O)NC2CCC(CN)CC2)-c2sccc2CCO3)c(C(=O)O)n1. The lowest BCUT2D eigenvalue weighted by molar-refractivity contribution is 0.0690. The number of hydrogen-bond donors (Lipinski definition) is 4. The molecule has 1 aromatic carbocycles. The summed E-state index contributed by atoms with van der Waals surface area (Å²) in [6, 6.07) is 8.67. The zero-order chi connectivity index (χ0) is 28.2. The first-order chi connectivity index (χ1) is 19.4. The average Bonchev–Trinajstić information content (AvgIpc) is 3.37. The van der Waals surface area contributed by atoms with Crippen LogP contribution in [0.5, 0.6) is 5.75 Å². The van der Waals surface area contributed by atoms with Gasteiger partial charge in [-0.2, -0.15) is 0 Å². The Morgan fingerprint density at radius 1 is 1.07 bits per heavy atom. The number of pyridine rings is 1. The minimum atomic E-state index is -1.29. The molecule has 0 saturated heterocycles. The van der Waals surface area contributed by atoms with Gasteiger partial charge >= 0.3 is 5.97 Å². The van der Waals surface area contributed by atoms with Crippen LogP contribution in [0.2, 0.25) is 0 Å². The fourth-order valence-electron chi connectivity index (χ4n) is 5.43. The van der Waals surface area contributed by atoms with E-state index in [0.29, 0.717) is 42.5 Å². The molecule has 5 N–H and O–H groups in total. The molecule has 1 aliphatic carbocycles. The number of rotatable bonds is 8. The molecular formula is C30H34N4O5S. The third-order valence-corrected chi connectivity index (χ3v) is 8.65. The maximum Gasteiger partial charge on any atom is 0.355 e. The summed E-state index contributed by atoms with van der Waals surface area (Å²) in [5, 5.41) is 18.0. The summed E-state index contributed by atoms with van der Waals surface area (Å²) in [7, 11) is 0. The van der Waals surface area contributed by atoms with Crippen LogP contribution in [0.1, 0.15) is 75.9 Å². The number of ether oxygens (including phenoxy) is 1. The van der Waals surface area contributed by atoms with Crippen molar-refractivity contribution in [1.29, 1.82) is 0 Å². The standard InChI is InChI=1S/C30H34N4O5S/c1-2-11-32-29(36)24-8-7-20(26(34-24)30(37)38)21-15-25-23(27-18(9-12-39-25)10-13-40-27)14-22(21)28(35)33-19-5-3-17(16-31)4-6-19/h7-8,10,13-15,17,19H,2-6,9,11-12,16,31H2,1H3,(H,32,36)(H,33,35)(H,37,38). The summed E-state index contributed by atoms with van der Waals surface area (Å²) >= 11 is 1.59. The predicted molar refractivity (Wildman–Crippen MR) is 154 cm³/mol. The summed E-state index contributed by atoms with van der Waals surface area (Å²) in [5.41, 5.74) is 8.51. The highest BCUT2D eigenvalue weighted by Gasteiger charge is 2.28. The molecule has 3 aromatic rings. The number of hydrogen-bond acceptors (Lipinski definition) is 7. The lowest BCUT2D eigenvalue weighted by Gasteiger charge is -2.28. The Bertz CT molecular complexity index is 1430. The van der Waals surface area contributed by atoms with Crippen LogP contribution in [0.15, 0.2) is 35.7 Å². The van der Waals surface area contributed by atoms with Crippen LogP contribution in [0.4, 0.5) is 0 Å². The molecule has 210 valence electrons. The van der Waals surface area contributed by atoms with E-state index < -0.39 is 11.9 Å². The van der Waals surface area contributed by atoms with E-state index in [9.17, 15) is 19.5 Å². The molecule has 0 unspecified atom stereocenters. The van der Waals surface area contributed by atoms with Gasteiger partial charge in [-0.3, -0.25) is 9.59 Å². The molecule has 40 heavy (non-hydrogen) atoms. The van der Waals surface area contributed by atoms with Crippen LogP contribution in [0.3, 0.4) is 0 Å². The fourth-order valence-corrected chi connectivity index (χ4v) is 6.40. The van der Waals surface area contributed by atoms with Gasteiger partial charge in [0.2, 0.25) is 0 Å². The number of carbonyl (C=O) groups excluding carboxylic acids is 2. The number of aromatic nitrogens is 1. The first-order valence-corrected chi connectivity index (χ1v) is 14.7. The number of carboxylic acid groups (broad SMARTS) is 1. The smallest absolute Gasteiger partial charge is 0.355 e. The zero-order valence-corrected chi connectivity index (χ0v) is 23.3. The number of carbonyl (C=O) groups is 3. The predicted octanol–water partition coefficient (Wildman–Crippen LogP) is 4.50. The maximum atomic E-state index is 13.8. The second-order valence-electron chi connectivity index (χ2n) is 10.3. The number of amides is 2. The number of aromatic carboxylic acids is 1. The highest BCUT2D eigenvalue weighted by molar-refractivity contribution is 7.13. The van der Waals surface area contributed by atoms with Crippen LogP contribution in [0, 0.1) is 5.92 Å². The monoisotopic (exact) mass is 562 g/mol. The average molecular weight is 563 g/mol. The molecule has 0 radical (unpaired) electrons. The van der Waals surface area contributed by atoms with E-state index in [2.05, 4.69) is 21.7 Å². The fraction of sp³-hybridized carbons (Fsp3) is 0.400. The van der Waals surface area contributed by atoms with Gasteiger partial charge in [0.15, 0.2) is 5.69 Å². The van der Waals surface area contributed by atoms with Gasteiger partial charge in [-0.05, 0) is 85.8 Å². The number of fused-ring (bicyclic) bond motifs is 3. The number of carboxylic acids is 1. The molecule has 2 amide bonds. The van der Waals surface area contributed by atoms with Crippen molar-refractivity contribution in [2.24, 2.45) is 11.7 Å². The number of benzene rings is 1. The van der Waals surface area contributed by atoms with Gasteiger partial charge in [0, 0.05) is 46.1 Å². The minimum Gasteiger partial charge on any atom is -0.493 e. The van der Waals surface area contributed by atoms with Crippen molar-refractivity contribution in [2.75, 3.05) is 19.7 Å². The molecule has 1 aliphatic heterocycles. The first-order valence-electron chi connectivity index (χ1n) is 13.8. The lowest BCUT2D eigenvalue weighted by Crippen LogP contribution is -2.38. The highest BCUT2D eigenvalue weighted by atomic mass is 32.1. The largest absolute Gasteiger partial charge is 0.493 e. The molecule has 2 aromatic heterocycles. The van der Waals surface area contributed by atoms with Gasteiger partial charge in [-0.1, -0.05) is 6.92 Å². The van der Waals surface area contributed by atoms with Gasteiger partial charge in [0.05, 0.1) is 6.61 Å². The van der Waals surface area contributed by atoms with Crippen molar-refractivity contribution in [2.45, 2.75) is 51.5 Å². The van der Waals surface area contributed by atoms with Crippen molar-refractivity contribution in [3.8, 4) is 27.3 Å². The van der Waals surface area contributed by atoms with E-state index in [1.165, 1.54) is 6.07 Å². The van der Waals surface area contributed by atoms with Crippen LogP contribution in [0.25, 0.3) is 21.6 Å². The van der Waals surface area contributed by atoms with Gasteiger partial charge in [-0.15, -0.1) is 11.3 Å². The molecule has 0 atom stereocenters. The van der Waals surface area contributed by atoms with Crippen molar-refractivity contribution in [3.63, 3.8) is 0 Å². The van der Waals surface area contributed by atoms with E-state index in [1.807, 2.05) is 12.3 Å².